The van der Waals surface area contributed by atoms with Gasteiger partial charge >= 0.3 is 6.03 Å². The predicted molar refractivity (Wildman–Crippen MR) is 122 cm³/mol. The van der Waals surface area contributed by atoms with Crippen LogP contribution in [0.5, 0.6) is 5.75 Å². The average molecular weight is 465 g/mol. The maximum absolute atomic E-state index is 12.9. The van der Waals surface area contributed by atoms with Gasteiger partial charge in [-0.25, -0.2) is 9.18 Å². The van der Waals surface area contributed by atoms with E-state index in [2.05, 4.69) is 10.6 Å². The van der Waals surface area contributed by atoms with Crippen LogP contribution in [-0.4, -0.2) is 41.3 Å². The van der Waals surface area contributed by atoms with E-state index in [1.807, 2.05) is 0 Å². The molecule has 2 aromatic carbocycles. The van der Waals surface area contributed by atoms with Crippen LogP contribution < -0.4 is 15.4 Å². The lowest BCUT2D eigenvalue weighted by atomic mass is 9.93. The van der Waals surface area contributed by atoms with Gasteiger partial charge in [-0.2, -0.15) is 0 Å². The summed E-state index contributed by atoms with van der Waals surface area (Å²) in [7, 11) is 0. The fourth-order valence-corrected chi connectivity index (χ4v) is 4.05. The summed E-state index contributed by atoms with van der Waals surface area (Å²) < 4.78 is 18.4. The number of urea groups is 1. The number of carbonyl (C=O) groups excluding carboxylic acids is 4. The largest absolute Gasteiger partial charge is 0.484 e. The zero-order valence-corrected chi connectivity index (χ0v) is 18.4. The quantitative estimate of drug-likeness (QED) is 0.501. The molecule has 0 atom stereocenters. The van der Waals surface area contributed by atoms with Crippen molar-refractivity contribution >= 4 is 35.5 Å². The Morgan fingerprint density at radius 3 is 2.38 bits per heavy atom. The van der Waals surface area contributed by atoms with Crippen molar-refractivity contribution in [2.24, 2.45) is 0 Å². The Bertz CT molecular complexity index is 1120. The van der Waals surface area contributed by atoms with E-state index in [9.17, 15) is 23.6 Å². The second-order valence-electron chi connectivity index (χ2n) is 8.20. The standard InChI is InChI=1S/C25H24FN3O5/c26-17-8-10-18(11-9-17)27-22(30)15-34-20-12-6-16(7-13-20)14-21-23(31)28-25(33)29(24(21)32)19-4-2-1-3-5-19/h6-14,19H,1-5,15H2,(H,27,30)(H,28,31,33). The van der Waals surface area contributed by atoms with Crippen LogP contribution in [0.1, 0.15) is 37.7 Å². The normalized spacial score (nSPS) is 18.1. The third-order valence-electron chi connectivity index (χ3n) is 5.76. The number of carbonyl (C=O) groups is 4. The molecule has 176 valence electrons. The van der Waals surface area contributed by atoms with Gasteiger partial charge in [-0.3, -0.25) is 24.6 Å². The van der Waals surface area contributed by atoms with Crippen LogP contribution in [0.15, 0.2) is 54.1 Å². The van der Waals surface area contributed by atoms with Crippen molar-refractivity contribution in [3.8, 4) is 5.75 Å². The van der Waals surface area contributed by atoms with Crippen molar-refractivity contribution in [2.75, 3.05) is 11.9 Å². The number of halogens is 1. The lowest BCUT2D eigenvalue weighted by Crippen LogP contribution is -2.58. The van der Waals surface area contributed by atoms with Crippen molar-refractivity contribution in [3.05, 3.63) is 65.5 Å². The molecule has 9 heteroatoms. The Labute approximate surface area is 195 Å². The van der Waals surface area contributed by atoms with Crippen LogP contribution in [0.4, 0.5) is 14.9 Å². The molecule has 2 fully saturated rings. The molecular weight excluding hydrogens is 441 g/mol. The van der Waals surface area contributed by atoms with Gasteiger partial charge < -0.3 is 10.1 Å². The molecule has 5 amide bonds. The van der Waals surface area contributed by atoms with Crippen molar-refractivity contribution < 1.29 is 28.3 Å². The van der Waals surface area contributed by atoms with Gasteiger partial charge in [0.2, 0.25) is 0 Å². The summed E-state index contributed by atoms with van der Waals surface area (Å²) in [5.74, 6) is -1.70. The Morgan fingerprint density at radius 2 is 1.71 bits per heavy atom. The minimum atomic E-state index is -0.722. The number of nitrogens with one attached hydrogen (secondary N) is 2. The molecule has 34 heavy (non-hydrogen) atoms. The molecule has 0 bridgehead atoms. The highest BCUT2D eigenvalue weighted by molar-refractivity contribution is 6.31. The first-order valence-electron chi connectivity index (χ1n) is 11.1. The number of anilines is 1. The van der Waals surface area contributed by atoms with Crippen LogP contribution in [-0.2, 0) is 14.4 Å². The van der Waals surface area contributed by atoms with Gasteiger partial charge in [0, 0.05) is 11.7 Å². The van der Waals surface area contributed by atoms with Crippen molar-refractivity contribution in [2.45, 2.75) is 38.1 Å². The van der Waals surface area contributed by atoms with Crippen LogP contribution in [0.3, 0.4) is 0 Å². The second kappa shape index (κ2) is 10.3. The van der Waals surface area contributed by atoms with Crippen LogP contribution in [0, 0.1) is 5.82 Å². The molecule has 1 saturated carbocycles. The monoisotopic (exact) mass is 465 g/mol. The Balaban J connectivity index is 1.38. The van der Waals surface area contributed by atoms with Crippen LogP contribution >= 0.6 is 0 Å². The number of barbiturate groups is 1. The number of imide groups is 2. The highest BCUT2D eigenvalue weighted by Gasteiger charge is 2.40. The van der Waals surface area contributed by atoms with E-state index in [1.165, 1.54) is 35.2 Å². The number of hydrogen-bond acceptors (Lipinski definition) is 5. The molecule has 2 aromatic rings. The van der Waals surface area contributed by atoms with E-state index in [4.69, 9.17) is 4.74 Å². The van der Waals surface area contributed by atoms with Gasteiger partial charge in [-0.1, -0.05) is 31.4 Å². The van der Waals surface area contributed by atoms with Gasteiger partial charge in [-0.05, 0) is 60.9 Å². The molecule has 1 heterocycles. The molecule has 1 saturated heterocycles. The fourth-order valence-electron chi connectivity index (χ4n) is 4.05. The van der Waals surface area contributed by atoms with Gasteiger partial charge in [0.1, 0.15) is 17.1 Å². The van der Waals surface area contributed by atoms with Gasteiger partial charge in [0.15, 0.2) is 6.61 Å². The number of ether oxygens (including phenoxy) is 1. The number of rotatable bonds is 6. The predicted octanol–water partition coefficient (Wildman–Crippen LogP) is 3.64. The number of nitrogens with zero attached hydrogens (tertiary/aromatic N) is 1. The van der Waals surface area contributed by atoms with E-state index in [-0.39, 0.29) is 18.2 Å². The highest BCUT2D eigenvalue weighted by atomic mass is 19.1. The van der Waals surface area contributed by atoms with Gasteiger partial charge in [-0.15, -0.1) is 0 Å². The Morgan fingerprint density at radius 1 is 1.03 bits per heavy atom. The maximum Gasteiger partial charge on any atom is 0.331 e. The maximum atomic E-state index is 12.9. The molecule has 8 nitrogen and oxygen atoms in total. The first-order valence-corrected chi connectivity index (χ1v) is 11.1. The molecule has 2 aliphatic rings. The van der Waals surface area contributed by atoms with Gasteiger partial charge in [0.05, 0.1) is 0 Å². The number of benzene rings is 2. The van der Waals surface area contributed by atoms with E-state index >= 15 is 0 Å². The number of amides is 5. The molecule has 0 radical (unpaired) electrons. The Hall–Kier alpha value is -4.01. The third-order valence-corrected chi connectivity index (χ3v) is 5.76. The summed E-state index contributed by atoms with van der Waals surface area (Å²) in [4.78, 5) is 50.7. The summed E-state index contributed by atoms with van der Waals surface area (Å²) >= 11 is 0. The third kappa shape index (κ3) is 5.48. The second-order valence-corrected chi connectivity index (χ2v) is 8.20. The average Bonchev–Trinajstić information content (AvgIpc) is 2.83. The van der Waals surface area contributed by atoms with E-state index < -0.39 is 29.6 Å². The zero-order valence-electron chi connectivity index (χ0n) is 18.4. The minimum absolute atomic E-state index is 0.0995. The topological polar surface area (TPSA) is 105 Å². The summed E-state index contributed by atoms with van der Waals surface area (Å²) in [6, 6.07) is 11.0. The van der Waals surface area contributed by atoms with E-state index in [0.717, 1.165) is 32.1 Å². The smallest absolute Gasteiger partial charge is 0.331 e. The van der Waals surface area contributed by atoms with Crippen molar-refractivity contribution in [3.63, 3.8) is 0 Å². The first kappa shape index (κ1) is 23.2. The zero-order chi connectivity index (χ0) is 24.1. The molecule has 1 aliphatic carbocycles. The van der Waals surface area contributed by atoms with E-state index in [0.29, 0.717) is 17.0 Å². The first-order chi connectivity index (χ1) is 16.4. The van der Waals surface area contributed by atoms with Crippen LogP contribution in [0.25, 0.3) is 6.08 Å². The highest BCUT2D eigenvalue weighted by Crippen LogP contribution is 2.26. The number of hydrogen-bond donors (Lipinski definition) is 2. The van der Waals surface area contributed by atoms with Crippen molar-refractivity contribution in [1.82, 2.24) is 10.2 Å². The molecule has 0 spiro atoms. The SMILES string of the molecule is O=C(COc1ccc(C=C2C(=O)NC(=O)N(C3CCCCC3)C2=O)cc1)Nc1ccc(F)cc1. The lowest BCUT2D eigenvalue weighted by molar-refractivity contribution is -0.132. The minimum Gasteiger partial charge on any atom is -0.484 e. The molecule has 4 rings (SSSR count). The summed E-state index contributed by atoms with van der Waals surface area (Å²) in [6.07, 6.45) is 5.87. The fraction of sp³-hybridized carbons (Fsp3) is 0.280. The van der Waals surface area contributed by atoms with Crippen LogP contribution in [0.2, 0.25) is 0 Å². The summed E-state index contributed by atoms with van der Waals surface area (Å²) in [5, 5.41) is 4.86. The van der Waals surface area contributed by atoms with Gasteiger partial charge in [0.25, 0.3) is 17.7 Å². The lowest BCUT2D eigenvalue weighted by Gasteiger charge is -2.35. The van der Waals surface area contributed by atoms with Crippen molar-refractivity contribution in [1.29, 1.82) is 0 Å². The molecule has 0 aromatic heterocycles. The summed E-state index contributed by atoms with van der Waals surface area (Å²) in [5.41, 5.74) is 0.922. The molecule has 0 unspecified atom stereocenters. The molecule has 1 aliphatic heterocycles. The summed E-state index contributed by atoms with van der Waals surface area (Å²) in [6.45, 7) is -0.253. The molecule has 2 N–H and O–H groups in total. The Kier molecular flexibility index (Phi) is 7.01. The van der Waals surface area contributed by atoms with E-state index in [1.54, 1.807) is 24.3 Å². The molecular formula is C25H24FN3O5.